The van der Waals surface area contributed by atoms with Gasteiger partial charge in [-0.05, 0) is 24.6 Å². The summed E-state index contributed by atoms with van der Waals surface area (Å²) in [6.07, 6.45) is 0. The number of nitrogens with one attached hydrogen (secondary N) is 1. The molecule has 2 heterocycles. The lowest BCUT2D eigenvalue weighted by molar-refractivity contribution is -0.136. The van der Waals surface area contributed by atoms with Crippen LogP contribution in [0.25, 0.3) is 0 Å². The van der Waals surface area contributed by atoms with Gasteiger partial charge < -0.3 is 19.7 Å². The van der Waals surface area contributed by atoms with Gasteiger partial charge in [0.15, 0.2) is 6.61 Å². The molecule has 0 atom stereocenters. The predicted molar refractivity (Wildman–Crippen MR) is 89.4 cm³/mol. The third-order valence-corrected chi connectivity index (χ3v) is 4.16. The van der Waals surface area contributed by atoms with Gasteiger partial charge in [-0.15, -0.1) is 0 Å². The lowest BCUT2D eigenvalue weighted by Crippen LogP contribution is -2.49. The zero-order valence-corrected chi connectivity index (χ0v) is 14.1. The maximum atomic E-state index is 12.2. The second-order valence-corrected chi connectivity index (χ2v) is 6.01. The van der Waals surface area contributed by atoms with Crippen LogP contribution in [0.3, 0.4) is 0 Å². The fraction of sp³-hybridized carbons (Fsp3) is 0.471. The minimum absolute atomic E-state index is 0.0853. The van der Waals surface area contributed by atoms with E-state index in [-0.39, 0.29) is 37.4 Å². The SMILES string of the molecule is Cc1ccc2c(c1)N(CC(=O)NCC(=O)N1CCOCC1)C(=O)CO2. The molecule has 0 saturated carbocycles. The number of benzene rings is 1. The molecule has 0 unspecified atom stereocenters. The Kier molecular flexibility index (Phi) is 5.18. The van der Waals surface area contributed by atoms with Crippen LogP contribution in [0, 0.1) is 6.92 Å². The molecule has 1 saturated heterocycles. The summed E-state index contributed by atoms with van der Waals surface area (Å²) in [7, 11) is 0. The van der Waals surface area contributed by atoms with Crippen LogP contribution < -0.4 is 15.0 Å². The smallest absolute Gasteiger partial charge is 0.265 e. The number of amides is 3. The number of carbonyl (C=O) groups is 3. The number of hydrogen-bond acceptors (Lipinski definition) is 5. The summed E-state index contributed by atoms with van der Waals surface area (Å²) in [4.78, 5) is 39.4. The van der Waals surface area contributed by atoms with Gasteiger partial charge in [0.2, 0.25) is 11.8 Å². The molecule has 8 heteroatoms. The molecule has 134 valence electrons. The third-order valence-electron chi connectivity index (χ3n) is 4.16. The van der Waals surface area contributed by atoms with Gasteiger partial charge in [-0.2, -0.15) is 0 Å². The van der Waals surface area contributed by atoms with Crippen molar-refractivity contribution in [2.75, 3.05) is 50.9 Å². The Labute approximate surface area is 145 Å². The second kappa shape index (κ2) is 7.52. The molecule has 0 aliphatic carbocycles. The molecule has 3 rings (SSSR count). The molecular weight excluding hydrogens is 326 g/mol. The van der Waals surface area contributed by atoms with E-state index in [1.54, 1.807) is 17.0 Å². The predicted octanol–water partition coefficient (Wildman–Crippen LogP) is -0.305. The number of ether oxygens (including phenoxy) is 2. The summed E-state index contributed by atoms with van der Waals surface area (Å²) in [6.45, 7) is 3.66. The van der Waals surface area contributed by atoms with Gasteiger partial charge >= 0.3 is 0 Å². The van der Waals surface area contributed by atoms with E-state index in [2.05, 4.69) is 5.32 Å². The summed E-state index contributed by atoms with van der Waals surface area (Å²) in [6, 6.07) is 5.47. The molecule has 0 bridgehead atoms. The van der Waals surface area contributed by atoms with Crippen LogP contribution in [0.15, 0.2) is 18.2 Å². The molecule has 0 aromatic heterocycles. The van der Waals surface area contributed by atoms with E-state index in [9.17, 15) is 14.4 Å². The number of nitrogens with zero attached hydrogens (tertiary/aromatic N) is 2. The highest BCUT2D eigenvalue weighted by atomic mass is 16.5. The first-order valence-corrected chi connectivity index (χ1v) is 8.20. The first kappa shape index (κ1) is 17.2. The molecule has 0 spiro atoms. The summed E-state index contributed by atoms with van der Waals surface area (Å²) in [5, 5.41) is 2.59. The molecule has 2 aliphatic rings. The van der Waals surface area contributed by atoms with Gasteiger partial charge in [-0.1, -0.05) is 6.07 Å². The summed E-state index contributed by atoms with van der Waals surface area (Å²) >= 11 is 0. The minimum atomic E-state index is -0.385. The Morgan fingerprint density at radius 2 is 2.00 bits per heavy atom. The number of fused-ring (bicyclic) bond motifs is 1. The van der Waals surface area contributed by atoms with Crippen molar-refractivity contribution in [3.05, 3.63) is 23.8 Å². The van der Waals surface area contributed by atoms with Crippen molar-refractivity contribution in [1.82, 2.24) is 10.2 Å². The van der Waals surface area contributed by atoms with Crippen molar-refractivity contribution in [1.29, 1.82) is 0 Å². The molecule has 3 amide bonds. The lowest BCUT2D eigenvalue weighted by Gasteiger charge is -2.29. The largest absolute Gasteiger partial charge is 0.482 e. The molecule has 2 aliphatic heterocycles. The monoisotopic (exact) mass is 347 g/mol. The molecule has 1 fully saturated rings. The molecule has 25 heavy (non-hydrogen) atoms. The van der Waals surface area contributed by atoms with Crippen LogP contribution in [0.5, 0.6) is 5.75 Å². The minimum Gasteiger partial charge on any atom is -0.482 e. The third kappa shape index (κ3) is 4.08. The second-order valence-electron chi connectivity index (χ2n) is 6.01. The van der Waals surface area contributed by atoms with Gasteiger partial charge in [0.1, 0.15) is 12.3 Å². The zero-order valence-electron chi connectivity index (χ0n) is 14.1. The molecule has 1 N–H and O–H groups in total. The van der Waals surface area contributed by atoms with Gasteiger partial charge in [0.05, 0.1) is 25.4 Å². The molecular formula is C17H21N3O5. The van der Waals surface area contributed by atoms with Crippen molar-refractivity contribution < 1.29 is 23.9 Å². The van der Waals surface area contributed by atoms with E-state index in [1.807, 2.05) is 13.0 Å². The number of anilines is 1. The summed E-state index contributed by atoms with van der Waals surface area (Å²) in [5.41, 5.74) is 1.54. The van der Waals surface area contributed by atoms with Gasteiger partial charge in [-0.3, -0.25) is 19.3 Å². The fourth-order valence-corrected chi connectivity index (χ4v) is 2.78. The fourth-order valence-electron chi connectivity index (χ4n) is 2.78. The van der Waals surface area contributed by atoms with E-state index in [0.29, 0.717) is 37.7 Å². The van der Waals surface area contributed by atoms with Crippen LogP contribution in [0.2, 0.25) is 0 Å². The quantitative estimate of drug-likeness (QED) is 0.808. The van der Waals surface area contributed by atoms with Gasteiger partial charge in [0.25, 0.3) is 5.91 Å². The highest BCUT2D eigenvalue weighted by Gasteiger charge is 2.27. The Balaban J connectivity index is 1.58. The van der Waals surface area contributed by atoms with Crippen LogP contribution in [0.1, 0.15) is 5.56 Å². The summed E-state index contributed by atoms with van der Waals surface area (Å²) in [5.74, 6) is -0.249. The van der Waals surface area contributed by atoms with Crippen molar-refractivity contribution in [2.24, 2.45) is 0 Å². The van der Waals surface area contributed by atoms with E-state index in [4.69, 9.17) is 9.47 Å². The Hall–Kier alpha value is -2.61. The van der Waals surface area contributed by atoms with E-state index in [1.165, 1.54) is 4.90 Å². The standard InChI is InChI=1S/C17H21N3O5/c1-12-2-3-14-13(8-12)20(17(23)11-25-14)10-15(21)18-9-16(22)19-4-6-24-7-5-19/h2-3,8H,4-7,9-11H2,1H3,(H,18,21). The number of carbonyl (C=O) groups excluding carboxylic acids is 3. The molecule has 1 aromatic rings. The number of hydrogen-bond donors (Lipinski definition) is 1. The maximum Gasteiger partial charge on any atom is 0.265 e. The normalized spacial score (nSPS) is 16.9. The van der Waals surface area contributed by atoms with Crippen LogP contribution in [-0.4, -0.2) is 68.6 Å². The number of aryl methyl sites for hydroxylation is 1. The molecule has 0 radical (unpaired) electrons. The first-order valence-electron chi connectivity index (χ1n) is 8.20. The number of morpholine rings is 1. The van der Waals surface area contributed by atoms with Crippen LogP contribution in [-0.2, 0) is 19.1 Å². The highest BCUT2D eigenvalue weighted by Crippen LogP contribution is 2.32. The van der Waals surface area contributed by atoms with E-state index < -0.39 is 0 Å². The van der Waals surface area contributed by atoms with Gasteiger partial charge in [0, 0.05) is 13.1 Å². The van der Waals surface area contributed by atoms with E-state index in [0.717, 1.165) is 5.56 Å². The van der Waals surface area contributed by atoms with Crippen molar-refractivity contribution in [2.45, 2.75) is 6.92 Å². The van der Waals surface area contributed by atoms with Crippen molar-refractivity contribution >= 4 is 23.4 Å². The maximum absolute atomic E-state index is 12.2. The average Bonchev–Trinajstić information content (AvgIpc) is 2.63. The highest BCUT2D eigenvalue weighted by molar-refractivity contribution is 6.02. The topological polar surface area (TPSA) is 88.2 Å². The van der Waals surface area contributed by atoms with Crippen LogP contribution >= 0.6 is 0 Å². The lowest BCUT2D eigenvalue weighted by atomic mass is 10.1. The first-order chi connectivity index (χ1) is 12.0. The molecule has 8 nitrogen and oxygen atoms in total. The number of rotatable bonds is 4. The van der Waals surface area contributed by atoms with E-state index >= 15 is 0 Å². The van der Waals surface area contributed by atoms with Crippen molar-refractivity contribution in [3.8, 4) is 5.75 Å². The zero-order chi connectivity index (χ0) is 17.8. The van der Waals surface area contributed by atoms with Gasteiger partial charge in [-0.25, -0.2) is 0 Å². The Morgan fingerprint density at radius 1 is 1.24 bits per heavy atom. The Bertz CT molecular complexity index is 685. The molecule has 1 aromatic carbocycles. The average molecular weight is 347 g/mol. The van der Waals surface area contributed by atoms with Crippen molar-refractivity contribution in [3.63, 3.8) is 0 Å². The summed E-state index contributed by atoms with van der Waals surface area (Å²) < 4.78 is 10.6. The Morgan fingerprint density at radius 3 is 2.76 bits per heavy atom. The van der Waals surface area contributed by atoms with Crippen LogP contribution in [0.4, 0.5) is 5.69 Å².